The number of hydrogen-bond acceptors (Lipinski definition) is 6. The number of ether oxygens (including phenoxy) is 1. The maximum atomic E-state index is 12.6. The summed E-state index contributed by atoms with van der Waals surface area (Å²) >= 11 is 0. The number of carbonyl (C=O) groups excluding carboxylic acids is 1. The lowest BCUT2D eigenvalue weighted by molar-refractivity contribution is -0.118. The highest BCUT2D eigenvalue weighted by Gasteiger charge is 2.32. The van der Waals surface area contributed by atoms with E-state index in [0.29, 0.717) is 24.0 Å². The fourth-order valence-corrected chi connectivity index (χ4v) is 3.07. The molecule has 2 aliphatic heterocycles. The van der Waals surface area contributed by atoms with Crippen LogP contribution in [0.15, 0.2) is 11.3 Å². The lowest BCUT2D eigenvalue weighted by atomic mass is 10.0. The van der Waals surface area contributed by atoms with Crippen molar-refractivity contribution < 1.29 is 9.53 Å². The van der Waals surface area contributed by atoms with Crippen molar-refractivity contribution in [2.45, 2.75) is 32.7 Å². The molecule has 120 valence electrons. The van der Waals surface area contributed by atoms with Crippen LogP contribution in [0.4, 0.5) is 5.95 Å². The summed E-state index contributed by atoms with van der Waals surface area (Å²) < 4.78 is 7.13. The molecule has 1 saturated heterocycles. The van der Waals surface area contributed by atoms with E-state index in [1.54, 1.807) is 4.68 Å². The first-order chi connectivity index (χ1) is 10.6. The number of nitrogens with one attached hydrogen (secondary N) is 1. The van der Waals surface area contributed by atoms with Gasteiger partial charge < -0.3 is 15.0 Å². The van der Waals surface area contributed by atoms with Crippen LogP contribution in [0.1, 0.15) is 32.7 Å². The van der Waals surface area contributed by atoms with Crippen LogP contribution < -0.4 is 10.2 Å². The molecule has 1 fully saturated rings. The Kier molecular flexibility index (Phi) is 4.10. The number of allylic oxidation sites excluding steroid dienone is 1. The maximum absolute atomic E-state index is 12.6. The molecule has 3 rings (SSSR count). The standard InChI is InChI=1S/C14H22N6O2/c1-9-12(10(2)20-14(19(9)3)16-17-18-20)13(21)15-7-11-5-4-6-22-8-11/h10-11H,4-8H2,1-3H3,(H,15,21)/t10-,11-/m1/s1. The first-order valence-electron chi connectivity index (χ1n) is 7.68. The Bertz CT molecular complexity index is 590. The molecule has 0 unspecified atom stereocenters. The number of aromatic nitrogens is 4. The van der Waals surface area contributed by atoms with Crippen molar-refractivity contribution in [2.75, 3.05) is 31.7 Å². The second-order valence-corrected chi connectivity index (χ2v) is 5.95. The van der Waals surface area contributed by atoms with Crippen LogP contribution in [0, 0.1) is 5.92 Å². The highest BCUT2D eigenvalue weighted by atomic mass is 16.5. The molecule has 0 bridgehead atoms. The van der Waals surface area contributed by atoms with E-state index in [4.69, 9.17) is 4.74 Å². The van der Waals surface area contributed by atoms with E-state index in [2.05, 4.69) is 20.8 Å². The van der Waals surface area contributed by atoms with Crippen molar-refractivity contribution >= 4 is 11.9 Å². The molecule has 0 aliphatic carbocycles. The zero-order chi connectivity index (χ0) is 15.7. The van der Waals surface area contributed by atoms with Gasteiger partial charge >= 0.3 is 0 Å². The third-order valence-electron chi connectivity index (χ3n) is 4.50. The SMILES string of the molecule is CC1=C(C(=O)NC[C@H]2CCCOC2)[C@@H](C)n2nnnc2N1C. The molecule has 8 heteroatoms. The van der Waals surface area contributed by atoms with Gasteiger partial charge in [0.2, 0.25) is 5.95 Å². The average molecular weight is 306 g/mol. The third-order valence-corrected chi connectivity index (χ3v) is 4.50. The molecule has 8 nitrogen and oxygen atoms in total. The second-order valence-electron chi connectivity index (χ2n) is 5.95. The van der Waals surface area contributed by atoms with Gasteiger partial charge in [0.1, 0.15) is 0 Å². The van der Waals surface area contributed by atoms with Crippen molar-refractivity contribution in [2.24, 2.45) is 5.92 Å². The van der Waals surface area contributed by atoms with Gasteiger partial charge in [-0.3, -0.25) is 4.79 Å². The van der Waals surface area contributed by atoms with Crippen molar-refractivity contribution in [3.63, 3.8) is 0 Å². The third kappa shape index (κ3) is 2.58. The number of amides is 1. The fourth-order valence-electron chi connectivity index (χ4n) is 3.07. The highest BCUT2D eigenvalue weighted by molar-refractivity contribution is 5.96. The Balaban J connectivity index is 1.72. The topological polar surface area (TPSA) is 85.2 Å². The molecule has 2 aliphatic rings. The van der Waals surface area contributed by atoms with Gasteiger partial charge in [-0.05, 0) is 43.0 Å². The van der Waals surface area contributed by atoms with E-state index >= 15 is 0 Å². The number of fused-ring (bicyclic) bond motifs is 1. The molecule has 1 amide bonds. The summed E-state index contributed by atoms with van der Waals surface area (Å²) in [5.41, 5.74) is 1.59. The van der Waals surface area contributed by atoms with E-state index < -0.39 is 0 Å². The van der Waals surface area contributed by atoms with Gasteiger partial charge in [0, 0.05) is 25.9 Å². The minimum Gasteiger partial charge on any atom is -0.381 e. The molecule has 0 aromatic carbocycles. The predicted molar refractivity (Wildman–Crippen MR) is 80.2 cm³/mol. The van der Waals surface area contributed by atoms with Gasteiger partial charge in [-0.25, -0.2) is 4.68 Å². The second kappa shape index (κ2) is 6.04. The van der Waals surface area contributed by atoms with Gasteiger partial charge in [0.05, 0.1) is 18.2 Å². The predicted octanol–water partition coefficient (Wildman–Crippen LogP) is 0.501. The van der Waals surface area contributed by atoms with E-state index in [1.807, 2.05) is 25.8 Å². The lowest BCUT2D eigenvalue weighted by Gasteiger charge is -2.31. The molecule has 3 heterocycles. The molecule has 2 atom stereocenters. The largest absolute Gasteiger partial charge is 0.381 e. The summed E-state index contributed by atoms with van der Waals surface area (Å²) in [5.74, 6) is 1.00. The van der Waals surface area contributed by atoms with Gasteiger partial charge in [-0.15, -0.1) is 0 Å². The van der Waals surface area contributed by atoms with Gasteiger partial charge in [-0.1, -0.05) is 5.10 Å². The van der Waals surface area contributed by atoms with Crippen LogP contribution in [0.3, 0.4) is 0 Å². The summed E-state index contributed by atoms with van der Waals surface area (Å²) in [4.78, 5) is 14.5. The molecule has 0 spiro atoms. The number of hydrogen-bond donors (Lipinski definition) is 1. The normalized spacial score (nSPS) is 25.1. The van der Waals surface area contributed by atoms with Crippen LogP contribution in [0.5, 0.6) is 0 Å². The molecular formula is C14H22N6O2. The molecule has 0 radical (unpaired) electrons. The Morgan fingerprint density at radius 1 is 1.50 bits per heavy atom. The maximum Gasteiger partial charge on any atom is 0.251 e. The molecule has 1 N–H and O–H groups in total. The molecule has 0 saturated carbocycles. The van der Waals surface area contributed by atoms with Gasteiger partial charge in [-0.2, -0.15) is 0 Å². The molecule has 1 aromatic rings. The minimum absolute atomic E-state index is 0.0522. The summed E-state index contributed by atoms with van der Waals surface area (Å²) in [6, 6.07) is -0.177. The van der Waals surface area contributed by atoms with Crippen LogP contribution >= 0.6 is 0 Å². The Morgan fingerprint density at radius 2 is 2.32 bits per heavy atom. The summed E-state index contributed by atoms with van der Waals surface area (Å²) in [6.07, 6.45) is 2.17. The fraction of sp³-hybridized carbons (Fsp3) is 0.714. The zero-order valence-corrected chi connectivity index (χ0v) is 13.2. The Morgan fingerprint density at radius 3 is 3.05 bits per heavy atom. The van der Waals surface area contributed by atoms with Crippen LogP contribution in [0.25, 0.3) is 0 Å². The highest BCUT2D eigenvalue weighted by Crippen LogP contribution is 2.31. The van der Waals surface area contributed by atoms with E-state index in [1.165, 1.54) is 0 Å². The number of tetrazole rings is 1. The first-order valence-corrected chi connectivity index (χ1v) is 7.68. The van der Waals surface area contributed by atoms with Gasteiger partial charge in [0.25, 0.3) is 5.91 Å². The number of carbonyl (C=O) groups is 1. The quantitative estimate of drug-likeness (QED) is 0.875. The average Bonchev–Trinajstić information content (AvgIpc) is 3.02. The van der Waals surface area contributed by atoms with E-state index in [-0.39, 0.29) is 11.9 Å². The lowest BCUT2D eigenvalue weighted by Crippen LogP contribution is -2.39. The monoisotopic (exact) mass is 306 g/mol. The van der Waals surface area contributed by atoms with Crippen molar-refractivity contribution in [3.05, 3.63) is 11.3 Å². The van der Waals surface area contributed by atoms with E-state index in [0.717, 1.165) is 31.8 Å². The molecule has 22 heavy (non-hydrogen) atoms. The van der Waals surface area contributed by atoms with Crippen LogP contribution in [0.2, 0.25) is 0 Å². The molecule has 1 aromatic heterocycles. The van der Waals surface area contributed by atoms with E-state index in [9.17, 15) is 4.79 Å². The van der Waals surface area contributed by atoms with Crippen molar-refractivity contribution in [1.82, 2.24) is 25.5 Å². The van der Waals surface area contributed by atoms with Crippen LogP contribution in [-0.4, -0.2) is 52.9 Å². The number of anilines is 1. The summed E-state index contributed by atoms with van der Waals surface area (Å²) in [6.45, 7) is 6.07. The number of nitrogens with zero attached hydrogens (tertiary/aromatic N) is 5. The van der Waals surface area contributed by atoms with Crippen molar-refractivity contribution in [3.8, 4) is 0 Å². The molecular weight excluding hydrogens is 284 g/mol. The summed E-state index contributed by atoms with van der Waals surface area (Å²) in [7, 11) is 1.87. The smallest absolute Gasteiger partial charge is 0.251 e. The number of rotatable bonds is 3. The first kappa shape index (κ1) is 15.0. The Labute approximate surface area is 129 Å². The minimum atomic E-state index is -0.177. The summed E-state index contributed by atoms with van der Waals surface area (Å²) in [5, 5.41) is 14.7. The zero-order valence-electron chi connectivity index (χ0n) is 13.2. The van der Waals surface area contributed by atoms with Crippen LogP contribution in [-0.2, 0) is 9.53 Å². The Hall–Kier alpha value is -1.96. The van der Waals surface area contributed by atoms with Crippen molar-refractivity contribution in [1.29, 1.82) is 0 Å². The van der Waals surface area contributed by atoms with Gasteiger partial charge in [0.15, 0.2) is 0 Å².